The molecule has 2 aromatic heterocycles. The average molecular weight is 232 g/mol. The van der Waals surface area contributed by atoms with Gasteiger partial charge in [0.25, 0.3) is 0 Å². The Hall–Kier alpha value is -0.350. The van der Waals surface area contributed by atoms with E-state index in [1.807, 2.05) is 0 Å². The van der Waals surface area contributed by atoms with Gasteiger partial charge in [0, 0.05) is 21.2 Å². The number of halogens is 1. The molecule has 2 heterocycles. The number of nitrogens with two attached hydrogens (primary N) is 1. The molecule has 13 heavy (non-hydrogen) atoms. The molecule has 70 valence electrons. The first-order valence-corrected chi connectivity index (χ1v) is 5.42. The van der Waals surface area contributed by atoms with Gasteiger partial charge in [0.2, 0.25) is 0 Å². The summed E-state index contributed by atoms with van der Waals surface area (Å²) in [5.74, 6) is 0. The van der Waals surface area contributed by atoms with Gasteiger partial charge in [-0.15, -0.1) is 35.1 Å². The lowest BCUT2D eigenvalue weighted by Gasteiger charge is -1.87. The lowest BCUT2D eigenvalue weighted by Crippen LogP contribution is -1.90. The van der Waals surface area contributed by atoms with Crippen molar-refractivity contribution in [3.05, 3.63) is 34.5 Å². The molecule has 0 aliphatic rings. The van der Waals surface area contributed by atoms with Crippen LogP contribution in [-0.2, 0) is 6.54 Å². The van der Waals surface area contributed by atoms with Gasteiger partial charge in [0.15, 0.2) is 0 Å². The summed E-state index contributed by atoms with van der Waals surface area (Å²) in [6, 6.07) is 8.44. The third kappa shape index (κ3) is 2.31. The Morgan fingerprint density at radius 2 is 2.00 bits per heavy atom. The van der Waals surface area contributed by atoms with Crippen LogP contribution < -0.4 is 5.73 Å². The van der Waals surface area contributed by atoms with Crippen molar-refractivity contribution >= 4 is 35.1 Å². The summed E-state index contributed by atoms with van der Waals surface area (Å²) in [6.07, 6.45) is 0. The number of thiophene rings is 2. The molecule has 0 aliphatic heterocycles. The van der Waals surface area contributed by atoms with E-state index in [0.29, 0.717) is 6.54 Å². The van der Waals surface area contributed by atoms with Gasteiger partial charge in [0.05, 0.1) is 0 Å². The molecule has 2 rings (SSSR count). The molecule has 0 fully saturated rings. The second kappa shape index (κ2) is 4.77. The third-order valence-corrected chi connectivity index (χ3v) is 3.80. The molecule has 2 N–H and O–H groups in total. The molecule has 0 aromatic carbocycles. The van der Waals surface area contributed by atoms with Crippen LogP contribution >= 0.6 is 35.1 Å². The van der Waals surface area contributed by atoms with Gasteiger partial charge >= 0.3 is 0 Å². The summed E-state index contributed by atoms with van der Waals surface area (Å²) in [4.78, 5) is 3.91. The van der Waals surface area contributed by atoms with Crippen molar-refractivity contribution in [3.63, 3.8) is 0 Å². The van der Waals surface area contributed by atoms with Crippen LogP contribution in [0.2, 0.25) is 0 Å². The fourth-order valence-electron chi connectivity index (χ4n) is 1.04. The molecule has 0 radical (unpaired) electrons. The van der Waals surface area contributed by atoms with Crippen LogP contribution in [0.25, 0.3) is 9.75 Å². The first-order chi connectivity index (χ1) is 5.90. The zero-order valence-electron chi connectivity index (χ0n) is 6.90. The van der Waals surface area contributed by atoms with Crippen LogP contribution in [0.15, 0.2) is 29.6 Å². The Morgan fingerprint density at radius 3 is 2.54 bits per heavy atom. The minimum Gasteiger partial charge on any atom is -0.326 e. The first kappa shape index (κ1) is 10.7. The molecule has 0 amide bonds. The van der Waals surface area contributed by atoms with Crippen molar-refractivity contribution in [1.29, 1.82) is 0 Å². The minimum atomic E-state index is 0. The molecule has 2 aromatic rings. The zero-order valence-corrected chi connectivity index (χ0v) is 9.35. The van der Waals surface area contributed by atoms with Gasteiger partial charge < -0.3 is 5.73 Å². The van der Waals surface area contributed by atoms with Crippen LogP contribution in [0.1, 0.15) is 4.88 Å². The molecule has 0 bridgehead atoms. The van der Waals surface area contributed by atoms with Crippen molar-refractivity contribution < 1.29 is 0 Å². The Kier molecular flexibility index (Phi) is 3.93. The van der Waals surface area contributed by atoms with E-state index in [4.69, 9.17) is 5.73 Å². The van der Waals surface area contributed by atoms with E-state index >= 15 is 0 Å². The summed E-state index contributed by atoms with van der Waals surface area (Å²) < 4.78 is 0. The lowest BCUT2D eigenvalue weighted by atomic mass is 10.4. The van der Waals surface area contributed by atoms with E-state index < -0.39 is 0 Å². The van der Waals surface area contributed by atoms with Crippen LogP contribution in [-0.4, -0.2) is 0 Å². The summed E-state index contributed by atoms with van der Waals surface area (Å²) >= 11 is 3.55. The SMILES string of the molecule is Cl.NCc1ccc(-c2cccs2)s1. The number of hydrogen-bond acceptors (Lipinski definition) is 3. The highest BCUT2D eigenvalue weighted by Crippen LogP contribution is 2.30. The second-order valence-electron chi connectivity index (χ2n) is 2.45. The summed E-state index contributed by atoms with van der Waals surface area (Å²) in [7, 11) is 0. The van der Waals surface area contributed by atoms with Crippen molar-refractivity contribution in [2.24, 2.45) is 5.73 Å². The number of hydrogen-bond donors (Lipinski definition) is 1. The van der Waals surface area contributed by atoms with Gasteiger partial charge in [-0.1, -0.05) is 6.07 Å². The fraction of sp³-hybridized carbons (Fsp3) is 0.111. The van der Waals surface area contributed by atoms with Gasteiger partial charge in [-0.25, -0.2) is 0 Å². The topological polar surface area (TPSA) is 26.0 Å². The largest absolute Gasteiger partial charge is 0.326 e. The lowest BCUT2D eigenvalue weighted by molar-refractivity contribution is 1.11. The van der Waals surface area contributed by atoms with Crippen LogP contribution in [0.3, 0.4) is 0 Å². The summed E-state index contributed by atoms with van der Waals surface area (Å²) in [5, 5.41) is 2.09. The highest BCUT2D eigenvalue weighted by molar-refractivity contribution is 7.21. The monoisotopic (exact) mass is 231 g/mol. The van der Waals surface area contributed by atoms with Gasteiger partial charge in [-0.3, -0.25) is 0 Å². The molecule has 1 nitrogen and oxygen atoms in total. The Labute approximate surface area is 91.6 Å². The molecule has 0 unspecified atom stereocenters. The minimum absolute atomic E-state index is 0. The van der Waals surface area contributed by atoms with E-state index in [2.05, 4.69) is 29.6 Å². The highest BCUT2D eigenvalue weighted by Gasteiger charge is 2.01. The molecular formula is C9H10ClNS2. The van der Waals surface area contributed by atoms with E-state index in [0.717, 1.165) is 0 Å². The van der Waals surface area contributed by atoms with E-state index in [1.54, 1.807) is 22.7 Å². The van der Waals surface area contributed by atoms with E-state index in [1.165, 1.54) is 14.6 Å². The first-order valence-electron chi connectivity index (χ1n) is 3.73. The second-order valence-corrected chi connectivity index (χ2v) is 4.56. The predicted molar refractivity (Wildman–Crippen MR) is 62.8 cm³/mol. The molecule has 4 heteroatoms. The molecule has 0 saturated carbocycles. The summed E-state index contributed by atoms with van der Waals surface area (Å²) in [5.41, 5.74) is 5.53. The van der Waals surface area contributed by atoms with Crippen molar-refractivity contribution in [2.45, 2.75) is 6.54 Å². The van der Waals surface area contributed by atoms with Gasteiger partial charge in [0.1, 0.15) is 0 Å². The Morgan fingerprint density at radius 1 is 1.15 bits per heavy atom. The third-order valence-electron chi connectivity index (χ3n) is 1.63. The maximum atomic E-state index is 5.53. The van der Waals surface area contributed by atoms with Crippen molar-refractivity contribution in [1.82, 2.24) is 0 Å². The van der Waals surface area contributed by atoms with Crippen molar-refractivity contribution in [3.8, 4) is 9.75 Å². The normalized spacial score (nSPS) is 9.62. The molecular weight excluding hydrogens is 222 g/mol. The van der Waals surface area contributed by atoms with Crippen LogP contribution in [0, 0.1) is 0 Å². The van der Waals surface area contributed by atoms with Crippen LogP contribution in [0.4, 0.5) is 0 Å². The maximum absolute atomic E-state index is 5.53. The highest BCUT2D eigenvalue weighted by atomic mass is 35.5. The fourth-order valence-corrected chi connectivity index (χ4v) is 2.76. The summed E-state index contributed by atoms with van der Waals surface area (Å²) in [6.45, 7) is 0.649. The van der Waals surface area contributed by atoms with Gasteiger partial charge in [-0.05, 0) is 23.6 Å². The van der Waals surface area contributed by atoms with Crippen molar-refractivity contribution in [2.75, 3.05) is 0 Å². The van der Waals surface area contributed by atoms with E-state index in [9.17, 15) is 0 Å². The Bertz CT molecular complexity index is 353. The zero-order chi connectivity index (χ0) is 8.39. The number of rotatable bonds is 2. The maximum Gasteiger partial charge on any atom is 0.0445 e. The van der Waals surface area contributed by atoms with Crippen LogP contribution in [0.5, 0.6) is 0 Å². The predicted octanol–water partition coefficient (Wildman–Crippen LogP) is 3.36. The molecule has 0 aliphatic carbocycles. The standard InChI is InChI=1S/C9H9NS2.ClH/c10-6-7-3-4-9(12-7)8-2-1-5-11-8;/h1-5H,6,10H2;1H. The van der Waals surface area contributed by atoms with Gasteiger partial charge in [-0.2, -0.15) is 0 Å². The smallest absolute Gasteiger partial charge is 0.0445 e. The molecule has 0 spiro atoms. The molecule has 0 saturated heterocycles. The molecule has 0 atom stereocenters. The quantitative estimate of drug-likeness (QED) is 0.843. The Balaban J connectivity index is 0.000000845. The van der Waals surface area contributed by atoms with E-state index in [-0.39, 0.29) is 12.4 Å². The average Bonchev–Trinajstić information content (AvgIpc) is 2.75.